The van der Waals surface area contributed by atoms with Crippen molar-refractivity contribution in [2.75, 3.05) is 13.7 Å². The first kappa shape index (κ1) is 8.17. The third kappa shape index (κ3) is 0.655. The first-order valence-corrected chi connectivity index (χ1v) is 4.69. The van der Waals surface area contributed by atoms with Crippen LogP contribution in [0.2, 0.25) is 0 Å². The summed E-state index contributed by atoms with van der Waals surface area (Å²) in [5.74, 6) is -0.192. The Morgan fingerprint density at radius 1 is 1.54 bits per heavy atom. The summed E-state index contributed by atoms with van der Waals surface area (Å²) in [6.45, 7) is 2.06. The van der Waals surface area contributed by atoms with Crippen LogP contribution in [-0.2, 0) is 14.2 Å². The van der Waals surface area contributed by atoms with Crippen LogP contribution in [0.4, 0.5) is 0 Å². The molecule has 0 aromatic heterocycles. The lowest BCUT2D eigenvalue weighted by molar-refractivity contribution is -0.440. The van der Waals surface area contributed by atoms with E-state index in [0.717, 1.165) is 0 Å². The molecule has 3 aliphatic rings. The Morgan fingerprint density at radius 3 is 2.92 bits per heavy atom. The fraction of sp³-hybridized carbons (Fsp3) is 1.00. The minimum Gasteiger partial charge on any atom is -0.393 e. The van der Waals surface area contributed by atoms with E-state index in [2.05, 4.69) is 0 Å². The zero-order valence-corrected chi connectivity index (χ0v) is 7.82. The van der Waals surface area contributed by atoms with E-state index in [1.54, 1.807) is 7.11 Å². The van der Waals surface area contributed by atoms with Crippen molar-refractivity contribution in [2.45, 2.75) is 36.9 Å². The van der Waals surface area contributed by atoms with Crippen LogP contribution in [0.1, 0.15) is 13.3 Å². The van der Waals surface area contributed by atoms with Gasteiger partial charge >= 0.3 is 0 Å². The molecule has 1 aliphatic carbocycles. The summed E-state index contributed by atoms with van der Waals surface area (Å²) in [7, 11) is 1.65. The van der Waals surface area contributed by atoms with E-state index in [4.69, 9.17) is 14.2 Å². The van der Waals surface area contributed by atoms with E-state index in [-0.39, 0.29) is 30.3 Å². The van der Waals surface area contributed by atoms with Gasteiger partial charge in [0.1, 0.15) is 5.60 Å². The van der Waals surface area contributed by atoms with Gasteiger partial charge in [-0.1, -0.05) is 0 Å². The molecule has 0 aromatic carbocycles. The van der Waals surface area contributed by atoms with Crippen molar-refractivity contribution < 1.29 is 19.3 Å². The molecular formula is C9H14O4. The molecule has 13 heavy (non-hydrogen) atoms. The molecule has 2 heterocycles. The number of methoxy groups -OCH3 is 1. The molecule has 2 aliphatic heterocycles. The van der Waals surface area contributed by atoms with Crippen LogP contribution in [0, 0.1) is 5.92 Å². The molecule has 1 N–H and O–H groups in total. The second kappa shape index (κ2) is 2.08. The van der Waals surface area contributed by atoms with Crippen molar-refractivity contribution in [1.82, 2.24) is 0 Å². The number of hydrogen-bond donors (Lipinski definition) is 1. The van der Waals surface area contributed by atoms with E-state index in [0.29, 0.717) is 6.42 Å². The van der Waals surface area contributed by atoms with Crippen LogP contribution >= 0.6 is 0 Å². The molecule has 0 radical (unpaired) electrons. The molecule has 1 saturated carbocycles. The Labute approximate surface area is 76.8 Å². The molecule has 0 spiro atoms. The van der Waals surface area contributed by atoms with Gasteiger partial charge in [-0.15, -0.1) is 0 Å². The number of ether oxygens (including phenoxy) is 3. The van der Waals surface area contributed by atoms with Crippen LogP contribution < -0.4 is 0 Å². The highest BCUT2D eigenvalue weighted by Gasteiger charge is 2.81. The molecule has 4 heteroatoms. The molecule has 0 amide bonds. The normalized spacial score (nSPS) is 62.5. The monoisotopic (exact) mass is 186 g/mol. The highest BCUT2D eigenvalue weighted by atomic mass is 16.8. The van der Waals surface area contributed by atoms with Gasteiger partial charge in [0.25, 0.3) is 0 Å². The van der Waals surface area contributed by atoms with Gasteiger partial charge in [-0.05, 0) is 6.92 Å². The third-order valence-corrected chi connectivity index (χ3v) is 3.75. The molecule has 3 fully saturated rings. The second-order valence-corrected chi connectivity index (χ2v) is 4.30. The minimum atomic E-state index is -0.432. The predicted molar refractivity (Wildman–Crippen MR) is 43.1 cm³/mol. The Morgan fingerprint density at radius 2 is 2.31 bits per heavy atom. The van der Waals surface area contributed by atoms with Gasteiger partial charge in [-0.3, -0.25) is 0 Å². The van der Waals surface area contributed by atoms with Crippen LogP contribution in [0.3, 0.4) is 0 Å². The fourth-order valence-electron chi connectivity index (χ4n) is 3.16. The Kier molecular flexibility index (Phi) is 1.31. The average Bonchev–Trinajstić information content (AvgIpc) is 2.21. The molecule has 2 unspecified atom stereocenters. The molecule has 0 aromatic rings. The van der Waals surface area contributed by atoms with E-state index < -0.39 is 5.79 Å². The number of rotatable bonds is 2. The van der Waals surface area contributed by atoms with Crippen molar-refractivity contribution in [2.24, 2.45) is 5.92 Å². The van der Waals surface area contributed by atoms with Gasteiger partial charge in [-0.2, -0.15) is 0 Å². The standard InChI is InChI=1S/C9H14O4/c1-5-6-7-8(4-10,12-5)3-9(7,11-2)13-6/h5-7,10H,3-4H2,1-2H3/t5-,6?,7+,8+,9?/m0/s1. The van der Waals surface area contributed by atoms with E-state index in [1.807, 2.05) is 6.92 Å². The van der Waals surface area contributed by atoms with E-state index in [1.165, 1.54) is 0 Å². The minimum absolute atomic E-state index is 0.0764. The lowest BCUT2D eigenvalue weighted by Gasteiger charge is -2.64. The molecule has 2 saturated heterocycles. The predicted octanol–water partition coefficient (Wildman–Crippen LogP) is -0.102. The maximum atomic E-state index is 9.28. The van der Waals surface area contributed by atoms with E-state index >= 15 is 0 Å². The van der Waals surface area contributed by atoms with Crippen LogP contribution in [0.25, 0.3) is 0 Å². The second-order valence-electron chi connectivity index (χ2n) is 4.30. The fourth-order valence-corrected chi connectivity index (χ4v) is 3.16. The average molecular weight is 186 g/mol. The highest BCUT2D eigenvalue weighted by molar-refractivity contribution is 5.23. The Hall–Kier alpha value is -0.160. The molecule has 74 valence electrons. The summed E-state index contributed by atoms with van der Waals surface area (Å²) in [6, 6.07) is 0. The Bertz CT molecular complexity index is 256. The molecule has 5 atom stereocenters. The van der Waals surface area contributed by atoms with Gasteiger partial charge in [0.2, 0.25) is 0 Å². The smallest absolute Gasteiger partial charge is 0.179 e. The number of aliphatic hydroxyl groups excluding tert-OH is 1. The molecular weight excluding hydrogens is 172 g/mol. The van der Waals surface area contributed by atoms with Gasteiger partial charge < -0.3 is 19.3 Å². The van der Waals surface area contributed by atoms with Gasteiger partial charge in [0.15, 0.2) is 5.79 Å². The summed E-state index contributed by atoms with van der Waals surface area (Å²) in [6.07, 6.45) is 0.877. The van der Waals surface area contributed by atoms with Crippen LogP contribution in [0.15, 0.2) is 0 Å². The molecule has 0 bridgehead atoms. The van der Waals surface area contributed by atoms with Crippen LogP contribution in [-0.4, -0.2) is 42.4 Å². The summed E-state index contributed by atoms with van der Waals surface area (Å²) >= 11 is 0. The first-order valence-electron chi connectivity index (χ1n) is 4.69. The van der Waals surface area contributed by atoms with Gasteiger partial charge in [-0.25, -0.2) is 0 Å². The summed E-state index contributed by atoms with van der Waals surface area (Å²) < 4.78 is 16.7. The number of aliphatic hydroxyl groups is 1. The lowest BCUT2D eigenvalue weighted by atomic mass is 9.59. The van der Waals surface area contributed by atoms with Crippen LogP contribution in [0.5, 0.6) is 0 Å². The SMILES string of the molecule is COC12C[C@]3(CO)O[C@@H](C)C(O1)[C@@H]23. The van der Waals surface area contributed by atoms with E-state index in [9.17, 15) is 5.11 Å². The zero-order chi connectivity index (χ0) is 9.27. The van der Waals surface area contributed by atoms with Gasteiger partial charge in [0.05, 0.1) is 24.7 Å². The summed E-state index contributed by atoms with van der Waals surface area (Å²) in [4.78, 5) is 0. The van der Waals surface area contributed by atoms with Crippen molar-refractivity contribution >= 4 is 0 Å². The first-order chi connectivity index (χ1) is 6.17. The largest absolute Gasteiger partial charge is 0.393 e. The van der Waals surface area contributed by atoms with Crippen molar-refractivity contribution in [3.05, 3.63) is 0 Å². The highest BCUT2D eigenvalue weighted by Crippen LogP contribution is 2.67. The summed E-state index contributed by atoms with van der Waals surface area (Å²) in [5.41, 5.74) is -0.363. The topological polar surface area (TPSA) is 47.9 Å². The van der Waals surface area contributed by atoms with Crippen molar-refractivity contribution in [1.29, 1.82) is 0 Å². The lowest BCUT2D eigenvalue weighted by Crippen LogP contribution is -2.78. The van der Waals surface area contributed by atoms with Gasteiger partial charge in [0, 0.05) is 13.5 Å². The zero-order valence-electron chi connectivity index (χ0n) is 7.82. The molecule has 3 rings (SSSR count). The Balaban J connectivity index is 1.91. The van der Waals surface area contributed by atoms with Crippen molar-refractivity contribution in [3.8, 4) is 0 Å². The quantitative estimate of drug-likeness (QED) is 0.654. The third-order valence-electron chi connectivity index (χ3n) is 3.75. The van der Waals surface area contributed by atoms with Crippen molar-refractivity contribution in [3.63, 3.8) is 0 Å². The molecule has 4 nitrogen and oxygen atoms in total. The number of hydrogen-bond acceptors (Lipinski definition) is 4. The summed E-state index contributed by atoms with van der Waals surface area (Å²) in [5, 5.41) is 9.28. The maximum absolute atomic E-state index is 9.28. The maximum Gasteiger partial charge on any atom is 0.179 e.